The molecule has 2 N–H and O–H groups in total. The molecule has 3 rings (SSSR count). The van der Waals surface area contributed by atoms with Crippen molar-refractivity contribution in [3.8, 4) is 0 Å². The monoisotopic (exact) mass is 204 g/mol. The van der Waals surface area contributed by atoms with Gasteiger partial charge < -0.3 is 14.7 Å². The molecule has 78 valence electrons. The number of aromatic amines is 2. The number of rotatable bonds is 1. The van der Waals surface area contributed by atoms with Gasteiger partial charge in [-0.05, 0) is 17.7 Å². The van der Waals surface area contributed by atoms with Gasteiger partial charge in [0.2, 0.25) is 0 Å². The van der Waals surface area contributed by atoms with Crippen LogP contribution in [0.1, 0.15) is 12.5 Å². The van der Waals surface area contributed by atoms with Gasteiger partial charge in [0.05, 0.1) is 24.2 Å². The molecule has 1 fully saturated rings. The molecule has 0 bridgehead atoms. The smallest absolute Gasteiger partial charge is 0.323 e. The minimum Gasteiger partial charge on any atom is -0.379 e. The minimum absolute atomic E-state index is 0.113. The third-order valence-electron chi connectivity index (χ3n) is 3.05. The SMILES string of the molecule is CC1(c2ccc3[nH]c(=O)[nH]c3c2)COC1. The third kappa shape index (κ3) is 1.22. The summed E-state index contributed by atoms with van der Waals surface area (Å²) < 4.78 is 5.23. The first-order valence-electron chi connectivity index (χ1n) is 4.98. The summed E-state index contributed by atoms with van der Waals surface area (Å²) in [6.07, 6.45) is 0. The van der Waals surface area contributed by atoms with E-state index in [0.29, 0.717) is 0 Å². The predicted molar refractivity (Wildman–Crippen MR) is 57.1 cm³/mol. The third-order valence-corrected chi connectivity index (χ3v) is 3.05. The maximum atomic E-state index is 11.1. The maximum Gasteiger partial charge on any atom is 0.323 e. The highest BCUT2D eigenvalue weighted by atomic mass is 16.5. The van der Waals surface area contributed by atoms with Crippen molar-refractivity contribution in [3.63, 3.8) is 0 Å². The number of ether oxygens (including phenoxy) is 1. The summed E-state index contributed by atoms with van der Waals surface area (Å²) in [5.74, 6) is 0. The molecule has 0 aliphatic carbocycles. The standard InChI is InChI=1S/C11H12N2O2/c1-11(5-15-6-11)7-2-3-8-9(4-7)13-10(14)12-8/h2-4H,5-6H2,1H3,(H2,12,13,14). The molecule has 1 aromatic heterocycles. The number of hydrogen-bond donors (Lipinski definition) is 2. The lowest BCUT2D eigenvalue weighted by atomic mass is 9.81. The zero-order valence-electron chi connectivity index (χ0n) is 8.46. The van der Waals surface area contributed by atoms with Crippen LogP contribution in [-0.4, -0.2) is 23.2 Å². The molecular weight excluding hydrogens is 192 g/mol. The predicted octanol–water partition coefficient (Wildman–Crippen LogP) is 1.14. The minimum atomic E-state index is -0.155. The van der Waals surface area contributed by atoms with Crippen molar-refractivity contribution in [3.05, 3.63) is 34.2 Å². The van der Waals surface area contributed by atoms with Crippen LogP contribution in [0, 0.1) is 0 Å². The van der Waals surface area contributed by atoms with Gasteiger partial charge in [-0.3, -0.25) is 0 Å². The zero-order valence-corrected chi connectivity index (χ0v) is 8.46. The number of benzene rings is 1. The van der Waals surface area contributed by atoms with Gasteiger partial charge in [0.15, 0.2) is 0 Å². The Morgan fingerprint density at radius 2 is 2.00 bits per heavy atom. The van der Waals surface area contributed by atoms with Gasteiger partial charge in [0, 0.05) is 5.41 Å². The number of imidazole rings is 1. The van der Waals surface area contributed by atoms with Gasteiger partial charge in [0.25, 0.3) is 0 Å². The molecule has 0 unspecified atom stereocenters. The van der Waals surface area contributed by atoms with Crippen LogP contribution in [0.2, 0.25) is 0 Å². The van der Waals surface area contributed by atoms with E-state index in [-0.39, 0.29) is 11.1 Å². The maximum absolute atomic E-state index is 11.1. The Morgan fingerprint density at radius 3 is 2.67 bits per heavy atom. The molecule has 4 heteroatoms. The van der Waals surface area contributed by atoms with Crippen LogP contribution in [0.25, 0.3) is 11.0 Å². The molecule has 1 aliphatic rings. The quantitative estimate of drug-likeness (QED) is 0.732. The van der Waals surface area contributed by atoms with Crippen molar-refractivity contribution in [1.29, 1.82) is 0 Å². The average molecular weight is 204 g/mol. The average Bonchev–Trinajstić information content (AvgIpc) is 2.53. The van der Waals surface area contributed by atoms with Gasteiger partial charge in [-0.2, -0.15) is 0 Å². The number of aromatic nitrogens is 2. The highest BCUT2D eigenvalue weighted by Gasteiger charge is 2.35. The normalized spacial score (nSPS) is 19.0. The number of hydrogen-bond acceptors (Lipinski definition) is 2. The van der Waals surface area contributed by atoms with E-state index in [2.05, 4.69) is 23.0 Å². The van der Waals surface area contributed by atoms with E-state index in [9.17, 15) is 4.79 Å². The van der Waals surface area contributed by atoms with Crippen LogP contribution in [0.5, 0.6) is 0 Å². The highest BCUT2D eigenvalue weighted by Crippen LogP contribution is 2.32. The topological polar surface area (TPSA) is 57.9 Å². The lowest BCUT2D eigenvalue weighted by Gasteiger charge is -2.38. The summed E-state index contributed by atoms with van der Waals surface area (Å²) in [7, 11) is 0. The fourth-order valence-electron chi connectivity index (χ4n) is 1.98. The van der Waals surface area contributed by atoms with E-state index in [0.717, 1.165) is 24.2 Å². The van der Waals surface area contributed by atoms with Gasteiger partial charge in [-0.25, -0.2) is 4.79 Å². The van der Waals surface area contributed by atoms with E-state index in [1.807, 2.05) is 12.1 Å². The molecule has 1 aromatic carbocycles. The van der Waals surface area contributed by atoms with Gasteiger partial charge in [-0.1, -0.05) is 13.0 Å². The van der Waals surface area contributed by atoms with E-state index in [1.165, 1.54) is 5.56 Å². The Hall–Kier alpha value is -1.55. The van der Waals surface area contributed by atoms with Crippen molar-refractivity contribution in [2.75, 3.05) is 13.2 Å². The second-order valence-corrected chi connectivity index (χ2v) is 4.39. The molecular formula is C11H12N2O2. The van der Waals surface area contributed by atoms with Gasteiger partial charge in [-0.15, -0.1) is 0 Å². The van der Waals surface area contributed by atoms with Crippen LogP contribution in [0.3, 0.4) is 0 Å². The molecule has 2 aromatic rings. The highest BCUT2D eigenvalue weighted by molar-refractivity contribution is 5.75. The summed E-state index contributed by atoms with van der Waals surface area (Å²) in [5.41, 5.74) is 2.90. The fourth-order valence-corrected chi connectivity index (χ4v) is 1.98. The summed E-state index contributed by atoms with van der Waals surface area (Å²) in [6.45, 7) is 3.68. The van der Waals surface area contributed by atoms with E-state index >= 15 is 0 Å². The summed E-state index contributed by atoms with van der Waals surface area (Å²) >= 11 is 0. The first-order valence-corrected chi connectivity index (χ1v) is 4.98. The van der Waals surface area contributed by atoms with Crippen molar-refractivity contribution in [1.82, 2.24) is 9.97 Å². The first kappa shape index (κ1) is 8.73. The summed E-state index contributed by atoms with van der Waals surface area (Å²) in [6, 6.07) is 6.01. The van der Waals surface area contributed by atoms with Gasteiger partial charge in [0.1, 0.15) is 0 Å². The molecule has 0 atom stereocenters. The van der Waals surface area contributed by atoms with Gasteiger partial charge >= 0.3 is 5.69 Å². The molecule has 0 radical (unpaired) electrons. The van der Waals surface area contributed by atoms with E-state index < -0.39 is 0 Å². The molecule has 0 saturated carbocycles. The Labute approximate surface area is 86.3 Å². The molecule has 4 nitrogen and oxygen atoms in total. The Balaban J connectivity index is 2.17. The molecule has 15 heavy (non-hydrogen) atoms. The number of nitrogens with one attached hydrogen (secondary N) is 2. The van der Waals surface area contributed by atoms with Crippen molar-refractivity contribution < 1.29 is 4.74 Å². The second kappa shape index (κ2) is 2.73. The van der Waals surface area contributed by atoms with E-state index in [1.54, 1.807) is 0 Å². The van der Waals surface area contributed by atoms with Crippen molar-refractivity contribution in [2.45, 2.75) is 12.3 Å². The zero-order chi connectivity index (χ0) is 10.5. The molecule has 0 amide bonds. The largest absolute Gasteiger partial charge is 0.379 e. The number of fused-ring (bicyclic) bond motifs is 1. The second-order valence-electron chi connectivity index (χ2n) is 4.39. The lowest BCUT2D eigenvalue weighted by molar-refractivity contribution is -0.0499. The number of H-pyrrole nitrogens is 2. The fraction of sp³-hybridized carbons (Fsp3) is 0.364. The molecule has 1 saturated heterocycles. The Bertz CT molecular complexity index is 563. The Morgan fingerprint density at radius 1 is 1.27 bits per heavy atom. The summed E-state index contributed by atoms with van der Waals surface area (Å²) in [4.78, 5) is 16.6. The van der Waals surface area contributed by atoms with E-state index in [4.69, 9.17) is 4.74 Å². The molecule has 2 heterocycles. The van der Waals surface area contributed by atoms with Crippen LogP contribution >= 0.6 is 0 Å². The molecule has 0 spiro atoms. The van der Waals surface area contributed by atoms with Crippen molar-refractivity contribution >= 4 is 11.0 Å². The van der Waals surface area contributed by atoms with Crippen LogP contribution in [0.15, 0.2) is 23.0 Å². The molecule has 1 aliphatic heterocycles. The lowest BCUT2D eigenvalue weighted by Crippen LogP contribution is -2.43. The van der Waals surface area contributed by atoms with Crippen LogP contribution < -0.4 is 5.69 Å². The van der Waals surface area contributed by atoms with Crippen LogP contribution in [-0.2, 0) is 10.2 Å². The first-order chi connectivity index (χ1) is 7.17. The van der Waals surface area contributed by atoms with Crippen LogP contribution in [0.4, 0.5) is 0 Å². The Kier molecular flexibility index (Phi) is 1.59. The summed E-state index contributed by atoms with van der Waals surface area (Å²) in [5, 5.41) is 0. The van der Waals surface area contributed by atoms with Crippen molar-refractivity contribution in [2.24, 2.45) is 0 Å².